The number of carbonyl (C=O) groups is 2. The predicted octanol–water partition coefficient (Wildman–Crippen LogP) is 3.85. The molecule has 2 saturated heterocycles. The summed E-state index contributed by atoms with van der Waals surface area (Å²) in [7, 11) is 1.50. The second-order valence-corrected chi connectivity index (χ2v) is 9.68. The lowest BCUT2D eigenvalue weighted by Crippen LogP contribution is -2.62. The molecule has 1 aromatic carbocycles. The van der Waals surface area contributed by atoms with Crippen molar-refractivity contribution in [1.29, 1.82) is 0 Å². The molecule has 2 fully saturated rings. The monoisotopic (exact) mass is 500 g/mol. The molecule has 0 saturated carbocycles. The van der Waals surface area contributed by atoms with Crippen LogP contribution in [0.5, 0.6) is 5.75 Å². The normalized spacial score (nSPS) is 20.3. The highest BCUT2D eigenvalue weighted by Crippen LogP contribution is 2.36. The standard InChI is InChI=1S/C25H26ClFN4O4/c1-25(24(33)30-13-17(27)14-30)7-3-9-31(25)23(32)15-10-19-22(20(11-15)34-2)35-21(29-19)5-4-18-12-16(26)6-8-28-18/h6,8,10-12,17H,3-5,7,9,13-14H2,1-2H3. The lowest BCUT2D eigenvalue weighted by Gasteiger charge is -2.43. The molecule has 10 heteroatoms. The summed E-state index contributed by atoms with van der Waals surface area (Å²) in [6, 6.07) is 6.79. The highest BCUT2D eigenvalue weighted by molar-refractivity contribution is 6.30. The summed E-state index contributed by atoms with van der Waals surface area (Å²) >= 11 is 6.03. The molecule has 0 spiro atoms. The number of fused-ring (bicyclic) bond motifs is 1. The topological polar surface area (TPSA) is 88.8 Å². The van der Waals surface area contributed by atoms with E-state index in [1.807, 2.05) is 0 Å². The van der Waals surface area contributed by atoms with E-state index in [-0.39, 0.29) is 24.9 Å². The molecule has 2 aromatic heterocycles. The van der Waals surface area contributed by atoms with Gasteiger partial charge in [0.2, 0.25) is 5.91 Å². The first kappa shape index (κ1) is 23.5. The van der Waals surface area contributed by atoms with Gasteiger partial charge in [-0.05, 0) is 50.5 Å². The number of nitrogens with zero attached hydrogens (tertiary/aromatic N) is 4. The number of carbonyl (C=O) groups excluding carboxylic acids is 2. The fourth-order valence-electron chi connectivity index (χ4n) is 4.85. The van der Waals surface area contributed by atoms with E-state index in [2.05, 4.69) is 9.97 Å². The van der Waals surface area contributed by atoms with Gasteiger partial charge in [-0.1, -0.05) is 11.6 Å². The van der Waals surface area contributed by atoms with E-state index in [1.54, 1.807) is 42.3 Å². The van der Waals surface area contributed by atoms with Crippen LogP contribution in [-0.2, 0) is 17.6 Å². The third-order valence-corrected chi connectivity index (χ3v) is 7.05. The molecule has 0 aliphatic carbocycles. The number of benzene rings is 1. The average molecular weight is 501 g/mol. The van der Waals surface area contributed by atoms with Crippen LogP contribution >= 0.6 is 11.6 Å². The second kappa shape index (κ2) is 9.11. The first-order valence-corrected chi connectivity index (χ1v) is 12.0. The smallest absolute Gasteiger partial charge is 0.254 e. The highest BCUT2D eigenvalue weighted by Gasteiger charge is 2.50. The average Bonchev–Trinajstić information content (AvgIpc) is 3.43. The van der Waals surface area contributed by atoms with Gasteiger partial charge in [0.15, 0.2) is 17.2 Å². The quantitative estimate of drug-likeness (QED) is 0.511. The van der Waals surface area contributed by atoms with Gasteiger partial charge in [-0.2, -0.15) is 0 Å². The summed E-state index contributed by atoms with van der Waals surface area (Å²) in [6.07, 6.45) is 2.99. The molecule has 1 unspecified atom stereocenters. The maximum absolute atomic E-state index is 13.6. The largest absolute Gasteiger partial charge is 0.493 e. The van der Waals surface area contributed by atoms with Crippen LogP contribution in [0.4, 0.5) is 4.39 Å². The van der Waals surface area contributed by atoms with E-state index < -0.39 is 11.7 Å². The Morgan fingerprint density at radius 3 is 2.80 bits per heavy atom. The molecule has 3 aromatic rings. The Morgan fingerprint density at radius 2 is 2.09 bits per heavy atom. The molecule has 184 valence electrons. The van der Waals surface area contributed by atoms with Crippen molar-refractivity contribution in [3.05, 3.63) is 52.6 Å². The van der Waals surface area contributed by atoms with Crippen molar-refractivity contribution in [1.82, 2.24) is 19.8 Å². The zero-order chi connectivity index (χ0) is 24.7. The summed E-state index contributed by atoms with van der Waals surface area (Å²) in [5.41, 5.74) is 1.13. The lowest BCUT2D eigenvalue weighted by molar-refractivity contribution is -0.148. The summed E-state index contributed by atoms with van der Waals surface area (Å²) < 4.78 is 24.8. The fourth-order valence-corrected chi connectivity index (χ4v) is 5.03. The minimum Gasteiger partial charge on any atom is -0.493 e. The molecule has 0 bridgehead atoms. The number of hydrogen-bond donors (Lipinski definition) is 0. The molecule has 1 atom stereocenters. The van der Waals surface area contributed by atoms with Crippen LogP contribution in [0.25, 0.3) is 11.1 Å². The van der Waals surface area contributed by atoms with E-state index >= 15 is 0 Å². The van der Waals surface area contributed by atoms with Gasteiger partial charge in [-0.15, -0.1) is 0 Å². The molecule has 2 aliphatic heterocycles. The maximum atomic E-state index is 13.6. The van der Waals surface area contributed by atoms with E-state index in [1.165, 1.54) is 12.0 Å². The van der Waals surface area contributed by atoms with Gasteiger partial charge in [0, 0.05) is 35.4 Å². The number of alkyl halides is 1. The second-order valence-electron chi connectivity index (χ2n) is 9.24. The van der Waals surface area contributed by atoms with E-state index in [9.17, 15) is 14.0 Å². The van der Waals surface area contributed by atoms with Crippen molar-refractivity contribution in [2.24, 2.45) is 0 Å². The predicted molar refractivity (Wildman–Crippen MR) is 127 cm³/mol. The first-order chi connectivity index (χ1) is 16.8. The Kier molecular flexibility index (Phi) is 6.13. The Bertz CT molecular complexity index is 1290. The molecule has 4 heterocycles. The summed E-state index contributed by atoms with van der Waals surface area (Å²) in [5, 5.41) is 0.614. The molecule has 8 nitrogen and oxygen atoms in total. The summed E-state index contributed by atoms with van der Waals surface area (Å²) in [5.74, 6) is 0.386. The van der Waals surface area contributed by atoms with Gasteiger partial charge < -0.3 is 19.0 Å². The molecule has 2 aliphatic rings. The first-order valence-electron chi connectivity index (χ1n) is 11.6. The zero-order valence-corrected chi connectivity index (χ0v) is 20.3. The number of pyridine rings is 1. The maximum Gasteiger partial charge on any atom is 0.254 e. The van der Waals surface area contributed by atoms with Crippen LogP contribution in [0.2, 0.25) is 5.02 Å². The van der Waals surface area contributed by atoms with Gasteiger partial charge >= 0.3 is 0 Å². The SMILES string of the molecule is COc1cc(C(=O)N2CCCC2(C)C(=O)N2CC(F)C2)cc2nc(CCc3cc(Cl)ccn3)oc12. The van der Waals surface area contributed by atoms with Gasteiger partial charge in [0.05, 0.1) is 20.2 Å². The van der Waals surface area contributed by atoms with E-state index in [4.69, 9.17) is 20.8 Å². The third kappa shape index (κ3) is 4.33. The van der Waals surface area contributed by atoms with Gasteiger partial charge in [0.25, 0.3) is 5.91 Å². The highest BCUT2D eigenvalue weighted by atomic mass is 35.5. The number of hydrogen-bond acceptors (Lipinski definition) is 6. The van der Waals surface area contributed by atoms with Crippen molar-refractivity contribution >= 4 is 34.5 Å². The molecule has 5 rings (SSSR count). The minimum atomic E-state index is -1.00. The van der Waals surface area contributed by atoms with Crippen molar-refractivity contribution in [2.45, 2.75) is 44.3 Å². The van der Waals surface area contributed by atoms with Gasteiger partial charge in [-0.25, -0.2) is 9.37 Å². The number of likely N-dealkylation sites (tertiary alicyclic amines) is 2. The van der Waals surface area contributed by atoms with Crippen molar-refractivity contribution in [3.8, 4) is 5.75 Å². The fraction of sp³-hybridized carbons (Fsp3) is 0.440. The number of oxazole rings is 1. The van der Waals surface area contributed by atoms with Crippen LogP contribution < -0.4 is 4.74 Å². The Labute approximate surface area is 207 Å². The van der Waals surface area contributed by atoms with Crippen LogP contribution in [-0.4, -0.2) is 70.0 Å². The summed E-state index contributed by atoms with van der Waals surface area (Å²) in [6.45, 7) is 2.38. The van der Waals surface area contributed by atoms with Crippen LogP contribution in [0.3, 0.4) is 0 Å². The van der Waals surface area contributed by atoms with E-state index in [0.717, 1.165) is 5.69 Å². The summed E-state index contributed by atoms with van der Waals surface area (Å²) in [4.78, 5) is 38.6. The Hall–Kier alpha value is -3.20. The number of aryl methyl sites for hydroxylation is 2. The number of rotatable bonds is 6. The lowest BCUT2D eigenvalue weighted by atomic mass is 9.94. The zero-order valence-electron chi connectivity index (χ0n) is 19.6. The van der Waals surface area contributed by atoms with Crippen molar-refractivity contribution in [2.75, 3.05) is 26.7 Å². The van der Waals surface area contributed by atoms with Crippen LogP contribution in [0, 0.1) is 0 Å². The third-order valence-electron chi connectivity index (χ3n) is 6.81. The van der Waals surface area contributed by atoms with Gasteiger partial charge in [0.1, 0.15) is 17.2 Å². The Morgan fingerprint density at radius 1 is 1.29 bits per heavy atom. The molecule has 35 heavy (non-hydrogen) atoms. The van der Waals surface area contributed by atoms with Crippen LogP contribution in [0.15, 0.2) is 34.9 Å². The number of methoxy groups -OCH3 is 1. The molecular formula is C25H26ClFN4O4. The van der Waals surface area contributed by atoms with E-state index in [0.29, 0.717) is 65.6 Å². The number of halogens is 2. The molecule has 0 N–H and O–H groups in total. The number of ether oxygens (including phenoxy) is 1. The van der Waals surface area contributed by atoms with Gasteiger partial charge in [-0.3, -0.25) is 14.6 Å². The van der Waals surface area contributed by atoms with Crippen molar-refractivity contribution < 1.29 is 23.1 Å². The Balaban J connectivity index is 1.39. The molecule has 0 radical (unpaired) electrons. The number of amides is 2. The molecule has 2 amide bonds. The van der Waals surface area contributed by atoms with Crippen LogP contribution in [0.1, 0.15) is 41.7 Å². The minimum absolute atomic E-state index is 0.0860. The van der Waals surface area contributed by atoms with Crippen molar-refractivity contribution in [3.63, 3.8) is 0 Å². The number of aromatic nitrogens is 2. The molecular weight excluding hydrogens is 475 g/mol.